The van der Waals surface area contributed by atoms with Gasteiger partial charge in [-0.3, -0.25) is 9.78 Å². The third-order valence-electron chi connectivity index (χ3n) is 4.21. The zero-order valence-electron chi connectivity index (χ0n) is 12.3. The summed E-state index contributed by atoms with van der Waals surface area (Å²) in [5, 5.41) is 15.7. The molecule has 0 aromatic carbocycles. The lowest BCUT2D eigenvalue weighted by atomic mass is 10.1. The lowest BCUT2D eigenvalue weighted by molar-refractivity contribution is 0.737. The van der Waals surface area contributed by atoms with Crippen LogP contribution >= 0.6 is 0 Å². The van der Waals surface area contributed by atoms with Gasteiger partial charge in [-0.2, -0.15) is 10.2 Å². The highest BCUT2D eigenvalue weighted by Gasteiger charge is 2.40. The summed E-state index contributed by atoms with van der Waals surface area (Å²) < 4.78 is 1.92. The van der Waals surface area contributed by atoms with Crippen LogP contribution in [-0.2, 0) is 7.05 Å². The molecule has 0 unspecified atom stereocenters. The molecule has 3 aromatic rings. The summed E-state index contributed by atoms with van der Waals surface area (Å²) in [6.45, 7) is 4.00. The van der Waals surface area contributed by atoms with Crippen LogP contribution in [0.4, 0.5) is 5.82 Å². The number of hydrogen-bond acceptors (Lipinski definition) is 5. The number of nitrogens with one attached hydrogen (secondary N) is 2. The van der Waals surface area contributed by atoms with Gasteiger partial charge in [-0.1, -0.05) is 0 Å². The maximum absolute atomic E-state index is 4.51. The average molecular weight is 283 g/mol. The van der Waals surface area contributed by atoms with Crippen molar-refractivity contribution in [3.05, 3.63) is 29.5 Å². The summed E-state index contributed by atoms with van der Waals surface area (Å²) in [5.41, 5.74) is 3.33. The van der Waals surface area contributed by atoms with Crippen LogP contribution in [0.15, 0.2) is 12.4 Å². The van der Waals surface area contributed by atoms with Gasteiger partial charge in [0.05, 0.1) is 17.8 Å². The lowest BCUT2D eigenvalue weighted by Gasteiger charge is -2.07. The number of fused-ring (bicyclic) bond motifs is 1. The van der Waals surface area contributed by atoms with Crippen LogP contribution in [0.1, 0.15) is 29.4 Å². The molecule has 4 rings (SSSR count). The first-order valence-electron chi connectivity index (χ1n) is 7.06. The van der Waals surface area contributed by atoms with Crippen molar-refractivity contribution in [2.24, 2.45) is 7.05 Å². The van der Waals surface area contributed by atoms with Crippen molar-refractivity contribution >= 4 is 16.9 Å². The summed E-state index contributed by atoms with van der Waals surface area (Å²) in [4.78, 5) is 8.84. The predicted molar refractivity (Wildman–Crippen MR) is 79.1 cm³/mol. The summed E-state index contributed by atoms with van der Waals surface area (Å²) in [7, 11) is 1.98. The van der Waals surface area contributed by atoms with Gasteiger partial charge in [0.1, 0.15) is 11.6 Å². The van der Waals surface area contributed by atoms with E-state index in [4.69, 9.17) is 0 Å². The highest BCUT2D eigenvalue weighted by molar-refractivity contribution is 5.86. The fourth-order valence-corrected chi connectivity index (χ4v) is 2.81. The normalized spacial score (nSPS) is 20.9. The van der Waals surface area contributed by atoms with E-state index in [0.29, 0.717) is 12.0 Å². The van der Waals surface area contributed by atoms with Crippen molar-refractivity contribution in [2.45, 2.75) is 32.2 Å². The molecular weight excluding hydrogens is 266 g/mol. The van der Waals surface area contributed by atoms with E-state index in [9.17, 15) is 0 Å². The first-order valence-corrected chi connectivity index (χ1v) is 7.06. The number of H-pyrrole nitrogens is 1. The van der Waals surface area contributed by atoms with E-state index in [-0.39, 0.29) is 0 Å². The quantitative estimate of drug-likeness (QED) is 0.764. The molecule has 7 nitrogen and oxygen atoms in total. The van der Waals surface area contributed by atoms with E-state index in [1.165, 1.54) is 11.3 Å². The third-order valence-corrected chi connectivity index (χ3v) is 4.21. The fourth-order valence-electron chi connectivity index (χ4n) is 2.81. The molecule has 1 saturated carbocycles. The van der Waals surface area contributed by atoms with E-state index >= 15 is 0 Å². The highest BCUT2D eigenvalue weighted by Crippen LogP contribution is 2.44. The number of anilines is 1. The van der Waals surface area contributed by atoms with E-state index in [2.05, 4.69) is 37.5 Å². The maximum Gasteiger partial charge on any atom is 0.161 e. The topological polar surface area (TPSA) is 84.3 Å². The van der Waals surface area contributed by atoms with Gasteiger partial charge in [-0.05, 0) is 25.8 Å². The van der Waals surface area contributed by atoms with Gasteiger partial charge in [0.15, 0.2) is 5.65 Å². The van der Waals surface area contributed by atoms with Crippen molar-refractivity contribution in [3.8, 4) is 0 Å². The lowest BCUT2D eigenvalue weighted by Crippen LogP contribution is -2.08. The number of nitrogens with zero attached hydrogens (tertiary/aromatic N) is 5. The summed E-state index contributed by atoms with van der Waals surface area (Å²) >= 11 is 0. The first kappa shape index (κ1) is 12.3. The number of aromatic nitrogens is 6. The minimum atomic E-state index is 0.403. The minimum Gasteiger partial charge on any atom is -0.366 e. The second-order valence-electron chi connectivity index (χ2n) is 5.65. The van der Waals surface area contributed by atoms with Gasteiger partial charge >= 0.3 is 0 Å². The minimum absolute atomic E-state index is 0.403. The van der Waals surface area contributed by atoms with Gasteiger partial charge in [0.2, 0.25) is 0 Å². The van der Waals surface area contributed by atoms with E-state index < -0.39 is 0 Å². The molecule has 0 aliphatic heterocycles. The Balaban J connectivity index is 1.60. The van der Waals surface area contributed by atoms with Crippen molar-refractivity contribution in [3.63, 3.8) is 0 Å². The molecule has 0 spiro atoms. The Morgan fingerprint density at radius 2 is 2.14 bits per heavy atom. The summed E-state index contributed by atoms with van der Waals surface area (Å²) in [6.07, 6.45) is 4.85. The van der Waals surface area contributed by atoms with Gasteiger partial charge in [0, 0.05) is 24.7 Å². The zero-order chi connectivity index (χ0) is 14.6. The predicted octanol–water partition coefficient (Wildman–Crippen LogP) is 1.67. The molecule has 1 aliphatic rings. The SMILES string of the molecule is Cc1nc(N[C@@H]2C[C@H]2c2cnn(C)c2C)c2cn[nH]c2n1. The summed E-state index contributed by atoms with van der Waals surface area (Å²) in [5.74, 6) is 2.11. The monoisotopic (exact) mass is 283 g/mol. The smallest absolute Gasteiger partial charge is 0.161 e. The largest absolute Gasteiger partial charge is 0.366 e. The molecule has 7 heteroatoms. The van der Waals surface area contributed by atoms with Crippen LogP contribution in [0.2, 0.25) is 0 Å². The number of aryl methyl sites for hydroxylation is 2. The van der Waals surface area contributed by atoms with Crippen LogP contribution in [0.25, 0.3) is 11.0 Å². The van der Waals surface area contributed by atoms with Crippen LogP contribution in [0, 0.1) is 13.8 Å². The molecule has 0 radical (unpaired) electrons. The number of aromatic amines is 1. The summed E-state index contributed by atoms with van der Waals surface area (Å²) in [6, 6.07) is 0.403. The van der Waals surface area contributed by atoms with Crippen LogP contribution < -0.4 is 5.32 Å². The standard InChI is InChI=1S/C14H17N7/c1-7-10(6-16-21(7)3)9-4-12(9)19-13-11-5-15-20-14(11)18-8(2)17-13/h5-6,9,12H,4H2,1-3H3,(H2,15,17,18,19,20)/t9-,12+/m0/s1. The van der Waals surface area contributed by atoms with Crippen LogP contribution in [0.3, 0.4) is 0 Å². The molecule has 21 heavy (non-hydrogen) atoms. The van der Waals surface area contributed by atoms with E-state index in [1.807, 2.05) is 24.9 Å². The molecule has 1 fully saturated rings. The van der Waals surface area contributed by atoms with Crippen molar-refractivity contribution in [1.29, 1.82) is 0 Å². The van der Waals surface area contributed by atoms with Crippen LogP contribution in [-0.4, -0.2) is 36.0 Å². The maximum atomic E-state index is 4.51. The van der Waals surface area contributed by atoms with Crippen molar-refractivity contribution in [1.82, 2.24) is 29.9 Å². The molecule has 0 amide bonds. The second-order valence-corrected chi connectivity index (χ2v) is 5.65. The molecule has 0 bridgehead atoms. The average Bonchev–Trinajstić information content (AvgIpc) is 2.88. The fraction of sp³-hybridized carbons (Fsp3) is 0.429. The Morgan fingerprint density at radius 1 is 1.29 bits per heavy atom. The molecule has 3 heterocycles. The van der Waals surface area contributed by atoms with E-state index in [0.717, 1.165) is 29.1 Å². The molecule has 2 atom stereocenters. The van der Waals surface area contributed by atoms with E-state index in [1.54, 1.807) is 6.20 Å². The molecule has 1 aliphatic carbocycles. The number of rotatable bonds is 3. The van der Waals surface area contributed by atoms with Gasteiger partial charge in [-0.25, -0.2) is 9.97 Å². The van der Waals surface area contributed by atoms with Crippen molar-refractivity contribution in [2.75, 3.05) is 5.32 Å². The van der Waals surface area contributed by atoms with Gasteiger partial charge < -0.3 is 5.32 Å². The molecule has 108 valence electrons. The number of hydrogen-bond donors (Lipinski definition) is 2. The Labute approximate surface area is 121 Å². The Morgan fingerprint density at radius 3 is 2.90 bits per heavy atom. The zero-order valence-corrected chi connectivity index (χ0v) is 12.3. The molecular formula is C14H17N7. The Bertz CT molecular complexity index is 816. The molecule has 3 aromatic heterocycles. The third kappa shape index (κ3) is 1.96. The Hall–Kier alpha value is -2.44. The second kappa shape index (κ2) is 4.28. The highest BCUT2D eigenvalue weighted by atomic mass is 15.3. The first-order chi connectivity index (χ1) is 10.1. The Kier molecular flexibility index (Phi) is 2.51. The van der Waals surface area contributed by atoms with Crippen molar-refractivity contribution < 1.29 is 0 Å². The molecule has 2 N–H and O–H groups in total. The van der Waals surface area contributed by atoms with Gasteiger partial charge in [-0.15, -0.1) is 0 Å². The van der Waals surface area contributed by atoms with Crippen LogP contribution in [0.5, 0.6) is 0 Å². The van der Waals surface area contributed by atoms with Gasteiger partial charge in [0.25, 0.3) is 0 Å². The molecule has 0 saturated heterocycles.